The SMILES string of the molecule is CC1=CC(C)(C)N(C)c2ccc(/C=C3/SC(=O)N(Cc4ccc(C)cc4)C3=O)cc21. The van der Waals surface area contributed by atoms with Crippen LogP contribution in [-0.2, 0) is 11.3 Å². The molecule has 2 aromatic carbocycles. The number of imide groups is 1. The second-order valence-electron chi connectivity index (χ2n) is 8.57. The molecule has 2 heterocycles. The van der Waals surface area contributed by atoms with Gasteiger partial charge in [0.1, 0.15) is 0 Å². The molecule has 0 radical (unpaired) electrons. The van der Waals surface area contributed by atoms with Crippen molar-refractivity contribution in [2.24, 2.45) is 0 Å². The molecule has 154 valence electrons. The number of aryl methyl sites for hydroxylation is 1. The average molecular weight is 419 g/mol. The van der Waals surface area contributed by atoms with E-state index in [1.807, 2.05) is 43.3 Å². The van der Waals surface area contributed by atoms with E-state index in [0.717, 1.165) is 34.0 Å². The summed E-state index contributed by atoms with van der Waals surface area (Å²) in [5.74, 6) is -0.228. The van der Waals surface area contributed by atoms with Crippen molar-refractivity contribution < 1.29 is 9.59 Å². The highest BCUT2D eigenvalue weighted by atomic mass is 32.2. The standard InChI is InChI=1S/C25H26N2O2S/c1-16-6-8-18(9-7-16)15-27-23(28)22(30-24(27)29)13-19-10-11-21-20(12-19)17(2)14-25(3,4)26(21)5/h6-14H,15H2,1-5H3/b22-13+. The van der Waals surface area contributed by atoms with Crippen molar-refractivity contribution in [1.82, 2.24) is 4.90 Å². The quantitative estimate of drug-likeness (QED) is 0.585. The minimum atomic E-state index is -0.228. The molecular formula is C25H26N2O2S. The number of benzene rings is 2. The number of carbonyl (C=O) groups excluding carboxylic acids is 2. The lowest BCUT2D eigenvalue weighted by Crippen LogP contribution is -2.42. The van der Waals surface area contributed by atoms with Crippen LogP contribution in [0.1, 0.15) is 43.0 Å². The van der Waals surface area contributed by atoms with Gasteiger partial charge in [0.15, 0.2) is 0 Å². The van der Waals surface area contributed by atoms with Gasteiger partial charge in [0, 0.05) is 18.3 Å². The Morgan fingerprint density at radius 2 is 1.73 bits per heavy atom. The lowest BCUT2D eigenvalue weighted by molar-refractivity contribution is -0.123. The number of amides is 2. The fourth-order valence-corrected chi connectivity index (χ4v) is 4.77. The number of allylic oxidation sites excluding steroid dienone is 1. The third-order valence-corrected chi connectivity index (χ3v) is 6.78. The van der Waals surface area contributed by atoms with Crippen LogP contribution in [0, 0.1) is 6.92 Å². The Morgan fingerprint density at radius 1 is 1.03 bits per heavy atom. The summed E-state index contributed by atoms with van der Waals surface area (Å²) in [6.45, 7) is 8.82. The Morgan fingerprint density at radius 3 is 2.43 bits per heavy atom. The van der Waals surface area contributed by atoms with E-state index < -0.39 is 0 Å². The van der Waals surface area contributed by atoms with Crippen LogP contribution in [0.25, 0.3) is 11.6 Å². The number of thioether (sulfide) groups is 1. The molecule has 2 aliphatic rings. The Balaban J connectivity index is 1.60. The van der Waals surface area contributed by atoms with Crippen molar-refractivity contribution in [3.05, 3.63) is 75.7 Å². The van der Waals surface area contributed by atoms with Gasteiger partial charge in [0.25, 0.3) is 11.1 Å². The molecule has 2 aliphatic heterocycles. The summed E-state index contributed by atoms with van der Waals surface area (Å²) < 4.78 is 0. The van der Waals surface area contributed by atoms with Crippen LogP contribution < -0.4 is 4.90 Å². The average Bonchev–Trinajstić information content (AvgIpc) is 2.95. The van der Waals surface area contributed by atoms with Gasteiger partial charge in [-0.25, -0.2) is 0 Å². The van der Waals surface area contributed by atoms with Crippen molar-refractivity contribution >= 4 is 40.2 Å². The second kappa shape index (κ2) is 7.47. The van der Waals surface area contributed by atoms with Crippen LogP contribution in [0.2, 0.25) is 0 Å². The van der Waals surface area contributed by atoms with Crippen molar-refractivity contribution in [3.8, 4) is 0 Å². The molecule has 4 nitrogen and oxygen atoms in total. The molecule has 1 fully saturated rings. The summed E-state index contributed by atoms with van der Waals surface area (Å²) >= 11 is 1.01. The molecule has 2 aromatic rings. The van der Waals surface area contributed by atoms with E-state index in [1.165, 1.54) is 16.2 Å². The smallest absolute Gasteiger partial charge is 0.293 e. The third-order valence-electron chi connectivity index (χ3n) is 5.87. The first-order chi connectivity index (χ1) is 14.2. The van der Waals surface area contributed by atoms with Crippen LogP contribution in [-0.4, -0.2) is 28.6 Å². The maximum atomic E-state index is 12.9. The van der Waals surface area contributed by atoms with Gasteiger partial charge in [-0.05, 0) is 74.4 Å². The first-order valence-electron chi connectivity index (χ1n) is 10.0. The Kier molecular flexibility index (Phi) is 5.10. The number of likely N-dealkylation sites (N-methyl/N-ethyl adjacent to an activating group) is 1. The maximum Gasteiger partial charge on any atom is 0.293 e. The van der Waals surface area contributed by atoms with Gasteiger partial charge in [0.2, 0.25) is 0 Å². The highest BCUT2D eigenvalue weighted by Gasteiger charge is 2.35. The summed E-state index contributed by atoms with van der Waals surface area (Å²) in [6.07, 6.45) is 4.09. The van der Waals surface area contributed by atoms with Crippen LogP contribution in [0.3, 0.4) is 0 Å². The lowest BCUT2D eigenvalue weighted by Gasteiger charge is -2.40. The second-order valence-corrected chi connectivity index (χ2v) is 9.56. The highest BCUT2D eigenvalue weighted by molar-refractivity contribution is 8.18. The molecular weight excluding hydrogens is 392 g/mol. The molecule has 1 saturated heterocycles. The van der Waals surface area contributed by atoms with Crippen molar-refractivity contribution in [2.75, 3.05) is 11.9 Å². The summed E-state index contributed by atoms with van der Waals surface area (Å²) in [7, 11) is 2.10. The fraction of sp³-hybridized carbons (Fsp3) is 0.280. The molecule has 0 atom stereocenters. The zero-order chi connectivity index (χ0) is 21.6. The number of hydrogen-bond donors (Lipinski definition) is 0. The number of nitrogens with zero attached hydrogens (tertiary/aromatic N) is 2. The predicted octanol–water partition coefficient (Wildman–Crippen LogP) is 5.86. The fourth-order valence-electron chi connectivity index (χ4n) is 3.93. The van der Waals surface area contributed by atoms with Crippen LogP contribution in [0.5, 0.6) is 0 Å². The number of carbonyl (C=O) groups is 2. The molecule has 0 unspecified atom stereocenters. The van der Waals surface area contributed by atoms with E-state index in [9.17, 15) is 9.59 Å². The summed E-state index contributed by atoms with van der Waals surface area (Å²) in [5.41, 5.74) is 6.53. The van der Waals surface area contributed by atoms with Gasteiger partial charge < -0.3 is 4.90 Å². The molecule has 4 rings (SSSR count). The Bertz CT molecular complexity index is 1100. The Labute approximate surface area is 182 Å². The van der Waals surface area contributed by atoms with Gasteiger partial charge in [-0.2, -0.15) is 0 Å². The van der Waals surface area contributed by atoms with Crippen molar-refractivity contribution in [2.45, 2.75) is 39.8 Å². The number of hydrogen-bond acceptors (Lipinski definition) is 4. The molecule has 5 heteroatoms. The van der Waals surface area contributed by atoms with E-state index in [2.05, 4.69) is 50.9 Å². The third kappa shape index (κ3) is 3.70. The minimum absolute atomic E-state index is 0.0444. The molecule has 0 saturated carbocycles. The Hall–Kier alpha value is -2.79. The van der Waals surface area contributed by atoms with Gasteiger partial charge in [-0.15, -0.1) is 0 Å². The molecule has 0 spiro atoms. The van der Waals surface area contributed by atoms with Crippen LogP contribution in [0.4, 0.5) is 10.5 Å². The molecule has 0 bridgehead atoms. The molecule has 0 aromatic heterocycles. The van der Waals surface area contributed by atoms with E-state index >= 15 is 0 Å². The summed E-state index contributed by atoms with van der Waals surface area (Å²) in [5, 5.41) is -0.220. The molecule has 0 N–H and O–H groups in total. The monoisotopic (exact) mass is 418 g/mol. The zero-order valence-corrected chi connectivity index (χ0v) is 18.8. The summed E-state index contributed by atoms with van der Waals surface area (Å²) in [6, 6.07) is 14.1. The normalized spacial score (nSPS) is 19.4. The van der Waals surface area contributed by atoms with Gasteiger partial charge in [-0.3, -0.25) is 14.5 Å². The van der Waals surface area contributed by atoms with E-state index in [-0.39, 0.29) is 16.7 Å². The van der Waals surface area contributed by atoms with Gasteiger partial charge >= 0.3 is 0 Å². The first kappa shape index (κ1) is 20.5. The number of anilines is 1. The maximum absolute atomic E-state index is 12.9. The van der Waals surface area contributed by atoms with E-state index in [0.29, 0.717) is 11.4 Å². The molecule has 2 amide bonds. The van der Waals surface area contributed by atoms with Gasteiger partial charge in [0.05, 0.1) is 17.0 Å². The molecule has 30 heavy (non-hydrogen) atoms. The highest BCUT2D eigenvalue weighted by Crippen LogP contribution is 2.39. The number of fused-ring (bicyclic) bond motifs is 1. The number of rotatable bonds is 3. The zero-order valence-electron chi connectivity index (χ0n) is 18.0. The van der Waals surface area contributed by atoms with Crippen molar-refractivity contribution in [3.63, 3.8) is 0 Å². The summed E-state index contributed by atoms with van der Waals surface area (Å²) in [4.78, 5) is 29.4. The molecule has 0 aliphatic carbocycles. The van der Waals surface area contributed by atoms with E-state index in [1.54, 1.807) is 0 Å². The predicted molar refractivity (Wildman–Crippen MR) is 125 cm³/mol. The topological polar surface area (TPSA) is 40.6 Å². The van der Waals surface area contributed by atoms with Gasteiger partial charge in [-0.1, -0.05) is 42.0 Å². The van der Waals surface area contributed by atoms with Crippen LogP contribution >= 0.6 is 11.8 Å². The minimum Gasteiger partial charge on any atom is -0.366 e. The van der Waals surface area contributed by atoms with Crippen molar-refractivity contribution in [1.29, 1.82) is 0 Å². The lowest BCUT2D eigenvalue weighted by atomic mass is 9.88. The largest absolute Gasteiger partial charge is 0.366 e. The van der Waals surface area contributed by atoms with Crippen LogP contribution in [0.15, 0.2) is 53.4 Å². The van der Waals surface area contributed by atoms with E-state index in [4.69, 9.17) is 0 Å². The first-order valence-corrected chi connectivity index (χ1v) is 10.9.